The summed E-state index contributed by atoms with van der Waals surface area (Å²) in [4.78, 5) is 27.0. The lowest BCUT2D eigenvalue weighted by Crippen LogP contribution is -2.54. The molecule has 9 heteroatoms. The van der Waals surface area contributed by atoms with Crippen LogP contribution in [0.2, 0.25) is 0 Å². The molecule has 1 N–H and O–H groups in total. The van der Waals surface area contributed by atoms with E-state index in [0.29, 0.717) is 35.1 Å². The number of carbonyl (C=O) groups excluding carboxylic acids is 2. The van der Waals surface area contributed by atoms with Crippen molar-refractivity contribution >= 4 is 56.8 Å². The van der Waals surface area contributed by atoms with E-state index in [-0.39, 0.29) is 17.5 Å². The maximum Gasteiger partial charge on any atom is 0.270 e. The highest BCUT2D eigenvalue weighted by molar-refractivity contribution is 9.10. The van der Waals surface area contributed by atoms with Crippen LogP contribution in [0.5, 0.6) is 17.2 Å². The van der Waals surface area contributed by atoms with E-state index in [9.17, 15) is 9.59 Å². The average Bonchev–Trinajstić information content (AvgIpc) is 3.12. The van der Waals surface area contributed by atoms with Crippen molar-refractivity contribution in [3.8, 4) is 17.2 Å². The Labute approximate surface area is 180 Å². The number of fused-ring (bicyclic) bond motifs is 1. The summed E-state index contributed by atoms with van der Waals surface area (Å²) in [6.45, 7) is 2.35. The molecule has 0 atom stereocenters. The molecule has 0 saturated carbocycles. The molecular weight excluding hydrogens is 460 g/mol. The molecule has 2 aliphatic heterocycles. The van der Waals surface area contributed by atoms with Gasteiger partial charge in [-0.05, 0) is 49.5 Å². The molecule has 0 radical (unpaired) electrons. The Morgan fingerprint density at radius 2 is 2.00 bits per heavy atom. The van der Waals surface area contributed by atoms with Crippen LogP contribution in [-0.2, 0) is 9.59 Å². The second-order valence-corrected chi connectivity index (χ2v) is 7.42. The molecule has 2 aromatic rings. The van der Waals surface area contributed by atoms with Crippen molar-refractivity contribution < 1.29 is 23.8 Å². The van der Waals surface area contributed by atoms with Crippen molar-refractivity contribution in [2.45, 2.75) is 6.92 Å². The number of nitrogens with one attached hydrogen (secondary N) is 1. The van der Waals surface area contributed by atoms with Crippen LogP contribution >= 0.6 is 28.1 Å². The van der Waals surface area contributed by atoms with E-state index in [2.05, 4.69) is 21.2 Å². The molecule has 2 aliphatic rings. The van der Waals surface area contributed by atoms with E-state index < -0.39 is 11.8 Å². The largest absolute Gasteiger partial charge is 0.493 e. The monoisotopic (exact) mass is 474 g/mol. The van der Waals surface area contributed by atoms with Gasteiger partial charge in [-0.2, -0.15) is 0 Å². The third-order valence-electron chi connectivity index (χ3n) is 4.27. The van der Waals surface area contributed by atoms with Crippen LogP contribution in [0, 0.1) is 0 Å². The Kier molecular flexibility index (Phi) is 5.25. The van der Waals surface area contributed by atoms with Crippen molar-refractivity contribution in [1.82, 2.24) is 5.32 Å². The summed E-state index contributed by atoms with van der Waals surface area (Å²) >= 11 is 8.61. The summed E-state index contributed by atoms with van der Waals surface area (Å²) in [5.41, 5.74) is 0.992. The minimum atomic E-state index is -0.577. The summed E-state index contributed by atoms with van der Waals surface area (Å²) in [7, 11) is 0. The Morgan fingerprint density at radius 1 is 1.24 bits per heavy atom. The van der Waals surface area contributed by atoms with Crippen LogP contribution in [0.4, 0.5) is 5.69 Å². The van der Waals surface area contributed by atoms with Gasteiger partial charge in [-0.15, -0.1) is 0 Å². The molecule has 2 aromatic carbocycles. The van der Waals surface area contributed by atoms with Gasteiger partial charge in [0.2, 0.25) is 6.79 Å². The van der Waals surface area contributed by atoms with Crippen molar-refractivity contribution in [2.24, 2.45) is 0 Å². The van der Waals surface area contributed by atoms with Gasteiger partial charge in [-0.3, -0.25) is 19.8 Å². The predicted octanol–water partition coefficient (Wildman–Crippen LogP) is 3.41. The van der Waals surface area contributed by atoms with Gasteiger partial charge in [0.25, 0.3) is 11.8 Å². The number of anilines is 1. The molecular formula is C20H15BrN2O5S. The Hall–Kier alpha value is -2.91. The standard InChI is InChI=1S/C20H15BrN2O5S/c1-2-26-15-9-17-16(27-10-28-17)7-11(15)6-14-18(24)22-20(29)23(19(14)25)13-5-3-4-12(21)8-13/h3-9H,2,10H2,1H3,(H,22,24,29)/b14-6-. The smallest absolute Gasteiger partial charge is 0.270 e. The summed E-state index contributed by atoms with van der Waals surface area (Å²) in [5.74, 6) is 0.436. The van der Waals surface area contributed by atoms with Crippen molar-refractivity contribution in [3.63, 3.8) is 0 Å². The van der Waals surface area contributed by atoms with Gasteiger partial charge in [0.05, 0.1) is 12.3 Å². The number of hydrogen-bond donors (Lipinski definition) is 1. The summed E-state index contributed by atoms with van der Waals surface area (Å²) in [6.07, 6.45) is 1.47. The molecule has 4 rings (SSSR count). The zero-order valence-corrected chi connectivity index (χ0v) is 17.6. The van der Waals surface area contributed by atoms with Crippen LogP contribution in [0.1, 0.15) is 12.5 Å². The van der Waals surface area contributed by atoms with Gasteiger partial charge < -0.3 is 14.2 Å². The lowest BCUT2D eigenvalue weighted by Gasteiger charge is -2.29. The molecule has 0 bridgehead atoms. The molecule has 2 heterocycles. The first kappa shape index (κ1) is 19.4. The molecule has 1 saturated heterocycles. The molecule has 0 aromatic heterocycles. The fourth-order valence-electron chi connectivity index (χ4n) is 3.00. The lowest BCUT2D eigenvalue weighted by atomic mass is 10.1. The van der Waals surface area contributed by atoms with E-state index in [4.69, 9.17) is 26.4 Å². The number of benzene rings is 2. The average molecular weight is 475 g/mol. The number of halogens is 1. The molecule has 0 aliphatic carbocycles. The van der Waals surface area contributed by atoms with Crippen molar-refractivity contribution in [1.29, 1.82) is 0 Å². The summed E-state index contributed by atoms with van der Waals surface area (Å²) < 4.78 is 17.2. The third kappa shape index (κ3) is 3.70. The zero-order valence-electron chi connectivity index (χ0n) is 15.2. The molecule has 0 spiro atoms. The molecule has 7 nitrogen and oxygen atoms in total. The number of thiocarbonyl (C=S) groups is 1. The van der Waals surface area contributed by atoms with E-state index in [1.54, 1.807) is 30.3 Å². The normalized spacial score (nSPS) is 17.0. The van der Waals surface area contributed by atoms with E-state index in [1.807, 2.05) is 13.0 Å². The SMILES string of the molecule is CCOc1cc2c(cc1/C=C1/C(=O)NC(=S)N(c3cccc(Br)c3)C1=O)OCO2. The van der Waals surface area contributed by atoms with E-state index in [1.165, 1.54) is 11.0 Å². The number of ether oxygens (including phenoxy) is 3. The minimum Gasteiger partial charge on any atom is -0.493 e. The number of nitrogens with zero attached hydrogens (tertiary/aromatic N) is 1. The Bertz CT molecular complexity index is 1070. The maximum atomic E-state index is 13.2. The fourth-order valence-corrected chi connectivity index (χ4v) is 3.66. The Morgan fingerprint density at radius 3 is 2.72 bits per heavy atom. The number of carbonyl (C=O) groups is 2. The van der Waals surface area contributed by atoms with Gasteiger partial charge in [-0.1, -0.05) is 22.0 Å². The maximum absolute atomic E-state index is 13.2. The van der Waals surface area contributed by atoms with Gasteiger partial charge in [0.15, 0.2) is 16.6 Å². The highest BCUT2D eigenvalue weighted by Gasteiger charge is 2.35. The van der Waals surface area contributed by atoms with Gasteiger partial charge in [0.1, 0.15) is 11.3 Å². The van der Waals surface area contributed by atoms with Crippen LogP contribution in [0.15, 0.2) is 46.4 Å². The van der Waals surface area contributed by atoms with Crippen molar-refractivity contribution in [3.05, 3.63) is 52.0 Å². The third-order valence-corrected chi connectivity index (χ3v) is 5.05. The molecule has 148 valence electrons. The van der Waals surface area contributed by atoms with Crippen molar-refractivity contribution in [2.75, 3.05) is 18.3 Å². The van der Waals surface area contributed by atoms with Gasteiger partial charge in [-0.25, -0.2) is 0 Å². The fraction of sp³-hybridized carbons (Fsp3) is 0.150. The number of rotatable bonds is 4. The van der Waals surface area contributed by atoms with E-state index in [0.717, 1.165) is 4.47 Å². The van der Waals surface area contributed by atoms with Crippen LogP contribution < -0.4 is 24.4 Å². The number of amides is 2. The Balaban J connectivity index is 1.77. The minimum absolute atomic E-state index is 0.0194. The van der Waals surface area contributed by atoms with E-state index >= 15 is 0 Å². The molecule has 1 fully saturated rings. The summed E-state index contributed by atoms with van der Waals surface area (Å²) in [5, 5.41) is 2.59. The first-order chi connectivity index (χ1) is 14.0. The summed E-state index contributed by atoms with van der Waals surface area (Å²) in [6, 6.07) is 10.4. The first-order valence-corrected chi connectivity index (χ1v) is 9.91. The second-order valence-electron chi connectivity index (χ2n) is 6.11. The van der Waals surface area contributed by atoms with Crippen LogP contribution in [0.25, 0.3) is 6.08 Å². The van der Waals surface area contributed by atoms with Crippen LogP contribution in [0.3, 0.4) is 0 Å². The molecule has 2 amide bonds. The van der Waals surface area contributed by atoms with Crippen LogP contribution in [-0.4, -0.2) is 30.3 Å². The van der Waals surface area contributed by atoms with Gasteiger partial charge in [0, 0.05) is 16.1 Å². The molecule has 29 heavy (non-hydrogen) atoms. The first-order valence-electron chi connectivity index (χ1n) is 8.71. The topological polar surface area (TPSA) is 77.1 Å². The highest BCUT2D eigenvalue weighted by atomic mass is 79.9. The quantitative estimate of drug-likeness (QED) is 0.415. The lowest BCUT2D eigenvalue weighted by molar-refractivity contribution is -0.122. The highest BCUT2D eigenvalue weighted by Crippen LogP contribution is 2.39. The zero-order chi connectivity index (χ0) is 20.5. The molecule has 0 unspecified atom stereocenters. The second kappa shape index (κ2) is 7.84. The predicted molar refractivity (Wildman–Crippen MR) is 114 cm³/mol. The number of hydrogen-bond acceptors (Lipinski definition) is 6. The van der Waals surface area contributed by atoms with Gasteiger partial charge >= 0.3 is 0 Å².